The minimum atomic E-state index is -1.23. The lowest BCUT2D eigenvalue weighted by molar-refractivity contribution is -0.161. The van der Waals surface area contributed by atoms with Crippen molar-refractivity contribution in [3.63, 3.8) is 0 Å². The van der Waals surface area contributed by atoms with Crippen LogP contribution in [0.5, 0.6) is 0 Å². The molecule has 3 heterocycles. The summed E-state index contributed by atoms with van der Waals surface area (Å²) in [5, 5.41) is 29.4. The van der Waals surface area contributed by atoms with Crippen LogP contribution in [0, 0.1) is 0 Å². The number of imidazole rings is 1. The van der Waals surface area contributed by atoms with E-state index in [1.807, 2.05) is 0 Å². The Labute approximate surface area is 111 Å². The first-order valence-electron chi connectivity index (χ1n) is 5.63. The van der Waals surface area contributed by atoms with Crippen molar-refractivity contribution in [2.75, 3.05) is 6.61 Å². The Morgan fingerprint density at radius 1 is 1.21 bits per heavy atom. The zero-order chi connectivity index (χ0) is 13.4. The second-order valence-corrected chi connectivity index (χ2v) is 5.24. The Hall–Kier alpha value is -1.26. The molecule has 0 radical (unpaired) electrons. The predicted octanol–water partition coefficient (Wildman–Crippen LogP) is -1.12. The highest BCUT2D eigenvalue weighted by molar-refractivity contribution is 8.00. The molecule has 9 heteroatoms. The van der Waals surface area contributed by atoms with Crippen molar-refractivity contribution in [3.8, 4) is 0 Å². The van der Waals surface area contributed by atoms with Gasteiger partial charge >= 0.3 is 0 Å². The van der Waals surface area contributed by atoms with Crippen LogP contribution >= 0.6 is 11.8 Å². The number of rotatable bonds is 2. The van der Waals surface area contributed by atoms with Crippen molar-refractivity contribution in [1.82, 2.24) is 19.9 Å². The van der Waals surface area contributed by atoms with Crippen LogP contribution in [0.3, 0.4) is 0 Å². The van der Waals surface area contributed by atoms with Crippen LogP contribution in [-0.2, 0) is 4.74 Å². The maximum Gasteiger partial charge on any atom is 0.181 e. The summed E-state index contributed by atoms with van der Waals surface area (Å²) in [6.45, 7) is -0.0346. The smallest absolute Gasteiger partial charge is 0.181 e. The van der Waals surface area contributed by atoms with Gasteiger partial charge in [-0.15, -0.1) is 0 Å². The molecule has 4 N–H and O–H groups in total. The fraction of sp³-hybridized carbons (Fsp3) is 0.500. The van der Waals surface area contributed by atoms with E-state index in [9.17, 15) is 15.3 Å². The van der Waals surface area contributed by atoms with Crippen LogP contribution in [0.1, 0.15) is 0 Å². The van der Waals surface area contributed by atoms with E-state index in [0.29, 0.717) is 16.2 Å². The number of thioether (sulfide) groups is 1. The molecular weight excluding hydrogens is 272 g/mol. The first kappa shape index (κ1) is 12.8. The van der Waals surface area contributed by atoms with E-state index in [4.69, 9.17) is 4.74 Å². The molecule has 2 aromatic heterocycles. The molecule has 1 unspecified atom stereocenters. The van der Waals surface area contributed by atoms with E-state index in [1.54, 1.807) is 0 Å². The lowest BCUT2D eigenvalue weighted by atomic mass is 10.1. The van der Waals surface area contributed by atoms with Gasteiger partial charge in [0.15, 0.2) is 5.65 Å². The molecule has 4 atom stereocenters. The number of H-pyrrole nitrogens is 1. The summed E-state index contributed by atoms with van der Waals surface area (Å²) in [7, 11) is 0. The maximum atomic E-state index is 9.87. The largest absolute Gasteiger partial charge is 0.388 e. The number of nitrogens with one attached hydrogen (secondary N) is 1. The Morgan fingerprint density at radius 2 is 2.05 bits per heavy atom. The molecule has 0 aliphatic carbocycles. The van der Waals surface area contributed by atoms with Gasteiger partial charge < -0.3 is 25.0 Å². The van der Waals surface area contributed by atoms with Gasteiger partial charge in [0, 0.05) is 0 Å². The molecule has 1 fully saturated rings. The number of aromatic nitrogens is 4. The number of fused-ring (bicyclic) bond motifs is 1. The Morgan fingerprint density at radius 3 is 2.89 bits per heavy atom. The molecule has 1 aliphatic rings. The van der Waals surface area contributed by atoms with Gasteiger partial charge in [-0.05, 0) is 0 Å². The van der Waals surface area contributed by atoms with E-state index in [0.717, 1.165) is 11.8 Å². The quantitative estimate of drug-likeness (QED) is 0.511. The molecule has 0 bridgehead atoms. The maximum absolute atomic E-state index is 9.87. The number of aromatic amines is 1. The molecule has 2 aromatic rings. The van der Waals surface area contributed by atoms with Crippen molar-refractivity contribution in [2.45, 2.75) is 28.8 Å². The highest BCUT2D eigenvalue weighted by atomic mass is 32.2. The third-order valence-corrected chi connectivity index (χ3v) is 4.05. The summed E-state index contributed by atoms with van der Waals surface area (Å²) in [4.78, 5) is 15.0. The first-order valence-corrected chi connectivity index (χ1v) is 6.51. The lowest BCUT2D eigenvalue weighted by Gasteiger charge is -2.34. The average molecular weight is 284 g/mol. The van der Waals surface area contributed by atoms with E-state index in [1.165, 1.54) is 12.7 Å². The van der Waals surface area contributed by atoms with Crippen LogP contribution in [0.25, 0.3) is 11.2 Å². The summed E-state index contributed by atoms with van der Waals surface area (Å²) in [5.74, 6) is 0. The molecule has 8 nitrogen and oxygen atoms in total. The van der Waals surface area contributed by atoms with Crippen molar-refractivity contribution in [2.24, 2.45) is 0 Å². The highest BCUT2D eigenvalue weighted by Gasteiger charge is 2.38. The number of aliphatic hydroxyl groups is 3. The van der Waals surface area contributed by atoms with Crippen LogP contribution in [0.4, 0.5) is 0 Å². The van der Waals surface area contributed by atoms with Crippen molar-refractivity contribution >= 4 is 22.9 Å². The van der Waals surface area contributed by atoms with E-state index >= 15 is 0 Å². The van der Waals surface area contributed by atoms with Crippen LogP contribution in [0.2, 0.25) is 0 Å². The predicted molar refractivity (Wildman–Crippen MR) is 65.3 cm³/mol. The molecule has 0 amide bonds. The third-order valence-electron chi connectivity index (χ3n) is 2.87. The summed E-state index contributed by atoms with van der Waals surface area (Å²) in [6.07, 6.45) is -0.636. The van der Waals surface area contributed by atoms with Gasteiger partial charge in [0.25, 0.3) is 0 Å². The zero-order valence-electron chi connectivity index (χ0n) is 9.67. The van der Waals surface area contributed by atoms with Crippen LogP contribution < -0.4 is 0 Å². The number of ether oxygens (including phenoxy) is 1. The summed E-state index contributed by atoms with van der Waals surface area (Å²) >= 11 is 1.15. The number of hydrogen-bond acceptors (Lipinski definition) is 8. The minimum absolute atomic E-state index is 0.0346. The zero-order valence-corrected chi connectivity index (χ0v) is 10.5. The van der Waals surface area contributed by atoms with Gasteiger partial charge in [-0.2, -0.15) is 0 Å². The Balaban J connectivity index is 1.83. The fourth-order valence-electron chi connectivity index (χ4n) is 1.83. The van der Waals surface area contributed by atoms with Gasteiger partial charge in [-0.25, -0.2) is 15.0 Å². The molecule has 102 valence electrons. The van der Waals surface area contributed by atoms with Crippen molar-refractivity contribution < 1.29 is 20.1 Å². The highest BCUT2D eigenvalue weighted by Crippen LogP contribution is 2.32. The Bertz CT molecular complexity index is 579. The SMILES string of the molecule is O[C@@H]1[C@H](O)COC(Sc2ncnc3nc[nH]c23)[C@H]1O. The van der Waals surface area contributed by atoms with Gasteiger partial charge in [0.05, 0.1) is 12.9 Å². The molecule has 1 saturated heterocycles. The topological polar surface area (TPSA) is 124 Å². The van der Waals surface area contributed by atoms with E-state index in [-0.39, 0.29) is 6.61 Å². The monoisotopic (exact) mass is 284 g/mol. The van der Waals surface area contributed by atoms with Gasteiger partial charge in [0.1, 0.15) is 40.6 Å². The third kappa shape index (κ3) is 2.30. The molecular formula is C10H12N4O4S. The number of aliphatic hydroxyl groups excluding tert-OH is 3. The summed E-state index contributed by atoms with van der Waals surface area (Å²) < 4.78 is 5.31. The van der Waals surface area contributed by atoms with Crippen molar-refractivity contribution in [3.05, 3.63) is 12.7 Å². The lowest BCUT2D eigenvalue weighted by Crippen LogP contribution is -2.51. The van der Waals surface area contributed by atoms with Gasteiger partial charge in [-0.1, -0.05) is 11.8 Å². The molecule has 0 spiro atoms. The second-order valence-electron chi connectivity index (χ2n) is 4.15. The molecule has 19 heavy (non-hydrogen) atoms. The fourth-order valence-corrected chi connectivity index (χ4v) is 2.87. The normalized spacial score (nSPS) is 31.7. The van der Waals surface area contributed by atoms with E-state index in [2.05, 4.69) is 19.9 Å². The second kappa shape index (κ2) is 5.02. The number of nitrogens with zero attached hydrogens (tertiary/aromatic N) is 3. The summed E-state index contributed by atoms with van der Waals surface area (Å²) in [6, 6.07) is 0. The van der Waals surface area contributed by atoms with E-state index < -0.39 is 23.7 Å². The molecule has 3 rings (SSSR count). The number of hydrogen-bond donors (Lipinski definition) is 4. The van der Waals surface area contributed by atoms with Crippen LogP contribution in [-0.4, -0.2) is 65.6 Å². The first-order chi connectivity index (χ1) is 9.16. The molecule has 1 aliphatic heterocycles. The van der Waals surface area contributed by atoms with Crippen molar-refractivity contribution in [1.29, 1.82) is 0 Å². The van der Waals surface area contributed by atoms with Crippen LogP contribution in [0.15, 0.2) is 17.7 Å². The average Bonchev–Trinajstić information content (AvgIpc) is 2.89. The van der Waals surface area contributed by atoms with Gasteiger partial charge in [-0.3, -0.25) is 0 Å². The minimum Gasteiger partial charge on any atom is -0.388 e. The molecule has 0 aromatic carbocycles. The summed E-state index contributed by atoms with van der Waals surface area (Å²) in [5.41, 5.74) is 0.451. The standard InChI is InChI=1S/C10H12N4O4S/c15-4-1-18-10(7(17)6(4)16)19-9-5-8(12-2-11-5)13-3-14-9/h2-4,6-7,10,15-17H,1H2,(H,11,12,13,14)/t4-,6-,7+,10?/m1/s1. The molecule has 0 saturated carbocycles. The Kier molecular flexibility index (Phi) is 3.37. The van der Waals surface area contributed by atoms with Gasteiger partial charge in [0.2, 0.25) is 0 Å².